The fraction of sp³-hybridized carbons (Fsp3) is 0.552. The first-order valence-corrected chi connectivity index (χ1v) is 14.7. The van der Waals surface area contributed by atoms with Gasteiger partial charge >= 0.3 is 6.09 Å². The van der Waals surface area contributed by atoms with Crippen LogP contribution >= 0.6 is 11.3 Å². The van der Waals surface area contributed by atoms with E-state index >= 15 is 0 Å². The number of primary amides is 1. The Morgan fingerprint density at radius 2 is 1.85 bits per heavy atom. The van der Waals surface area contributed by atoms with Gasteiger partial charge in [-0.05, 0) is 43.2 Å². The van der Waals surface area contributed by atoms with E-state index in [2.05, 4.69) is 20.4 Å². The van der Waals surface area contributed by atoms with E-state index in [1.165, 1.54) is 4.90 Å². The monoisotopic (exact) mass is 587 g/mol. The molecule has 1 aromatic heterocycles. The number of benzene rings is 1. The van der Waals surface area contributed by atoms with Gasteiger partial charge in [0.15, 0.2) is 0 Å². The first kappa shape index (κ1) is 32.0. The van der Waals surface area contributed by atoms with Crippen molar-refractivity contribution < 1.29 is 29.0 Å². The third-order valence-corrected chi connectivity index (χ3v) is 8.08. The number of hydrogen-bond acceptors (Lipinski definition) is 8. The lowest BCUT2D eigenvalue weighted by Gasteiger charge is -2.35. The summed E-state index contributed by atoms with van der Waals surface area (Å²) in [5.41, 5.74) is 9.02. The average Bonchev–Trinajstić information content (AvgIpc) is 3.51. The smallest absolute Gasteiger partial charge is 0.404 e. The molecule has 1 aliphatic rings. The van der Waals surface area contributed by atoms with Crippen molar-refractivity contribution in [1.82, 2.24) is 20.5 Å². The number of rotatable bonds is 11. The van der Waals surface area contributed by atoms with Gasteiger partial charge in [-0.15, -0.1) is 11.3 Å². The topological polar surface area (TPSA) is 164 Å². The number of likely N-dealkylation sites (tertiary alicyclic amines) is 1. The number of carbonyl (C=O) groups is 4. The lowest BCUT2D eigenvalue weighted by molar-refractivity contribution is -0.144. The van der Waals surface area contributed by atoms with Crippen LogP contribution in [-0.4, -0.2) is 70.1 Å². The lowest BCUT2D eigenvalue weighted by Crippen LogP contribution is -2.57. The third-order valence-electron chi connectivity index (χ3n) is 7.10. The maximum atomic E-state index is 13.7. The number of hydrogen-bond donors (Lipinski definition) is 4. The predicted molar refractivity (Wildman–Crippen MR) is 156 cm³/mol. The summed E-state index contributed by atoms with van der Waals surface area (Å²) >= 11 is 1.57. The van der Waals surface area contributed by atoms with Gasteiger partial charge in [-0.3, -0.25) is 14.4 Å². The van der Waals surface area contributed by atoms with Crippen molar-refractivity contribution in [2.45, 2.75) is 84.5 Å². The lowest BCUT2D eigenvalue weighted by atomic mass is 9.85. The number of thiazole rings is 1. The van der Waals surface area contributed by atoms with Gasteiger partial charge in [0.2, 0.25) is 17.7 Å². The SMILES string of the molecule is Cc1ncsc1-c1ccc(C(C)NC(=O)[C@@H]2C[C@@H](O)CN2C(=O)C(NC(=O)CCCCOC(N)=O)C(C)(C)C)cc1. The molecular formula is C29H41N5O6S. The number of β-amino-alcohol motifs (C(OH)–C–C–N with tert-alkyl or cyclic N) is 1. The van der Waals surface area contributed by atoms with Crippen LogP contribution in [0.5, 0.6) is 0 Å². The van der Waals surface area contributed by atoms with Crippen LogP contribution in [0.25, 0.3) is 10.4 Å². The molecule has 2 unspecified atom stereocenters. The van der Waals surface area contributed by atoms with Gasteiger partial charge in [-0.25, -0.2) is 9.78 Å². The summed E-state index contributed by atoms with van der Waals surface area (Å²) in [6.45, 7) is 9.44. The number of nitrogens with one attached hydrogen (secondary N) is 2. The highest BCUT2D eigenvalue weighted by molar-refractivity contribution is 7.13. The number of unbranched alkanes of at least 4 members (excludes halogenated alkanes) is 1. The van der Waals surface area contributed by atoms with Crippen LogP contribution < -0.4 is 16.4 Å². The van der Waals surface area contributed by atoms with E-state index in [1.807, 2.05) is 64.4 Å². The number of ether oxygens (including phenoxy) is 1. The molecule has 224 valence electrons. The van der Waals surface area contributed by atoms with Crippen molar-refractivity contribution in [3.05, 3.63) is 41.0 Å². The van der Waals surface area contributed by atoms with Crippen LogP contribution in [0, 0.1) is 12.3 Å². The second kappa shape index (κ2) is 13.9. The number of aromatic nitrogens is 1. The Bertz CT molecular complexity index is 1230. The van der Waals surface area contributed by atoms with Crippen molar-refractivity contribution in [3.63, 3.8) is 0 Å². The molecule has 3 rings (SSSR count). The Morgan fingerprint density at radius 1 is 1.17 bits per heavy atom. The molecule has 1 aliphatic heterocycles. The molecule has 4 atom stereocenters. The van der Waals surface area contributed by atoms with Crippen molar-refractivity contribution in [2.75, 3.05) is 13.2 Å². The molecule has 2 aromatic rings. The Hall–Kier alpha value is -3.51. The summed E-state index contributed by atoms with van der Waals surface area (Å²) in [6.07, 6.45) is -0.578. The number of nitrogens with two attached hydrogens (primary N) is 1. The number of aryl methyl sites for hydroxylation is 1. The minimum Gasteiger partial charge on any atom is -0.450 e. The van der Waals surface area contributed by atoms with Gasteiger partial charge in [-0.2, -0.15) is 0 Å². The molecule has 12 heteroatoms. The highest BCUT2D eigenvalue weighted by Crippen LogP contribution is 2.29. The van der Waals surface area contributed by atoms with Crippen LogP contribution in [0.1, 0.15) is 70.7 Å². The highest BCUT2D eigenvalue weighted by atomic mass is 32.1. The van der Waals surface area contributed by atoms with Gasteiger partial charge in [-0.1, -0.05) is 45.0 Å². The fourth-order valence-corrected chi connectivity index (χ4v) is 5.62. The second-order valence-electron chi connectivity index (χ2n) is 11.5. The molecule has 5 N–H and O–H groups in total. The zero-order chi connectivity index (χ0) is 30.3. The van der Waals surface area contributed by atoms with E-state index in [9.17, 15) is 24.3 Å². The molecule has 2 heterocycles. The Kier molecular flexibility index (Phi) is 10.9. The summed E-state index contributed by atoms with van der Waals surface area (Å²) < 4.78 is 4.67. The minimum absolute atomic E-state index is 0.00110. The van der Waals surface area contributed by atoms with Gasteiger partial charge < -0.3 is 31.1 Å². The first-order valence-electron chi connectivity index (χ1n) is 13.8. The van der Waals surface area contributed by atoms with Crippen molar-refractivity contribution in [1.29, 1.82) is 0 Å². The van der Waals surface area contributed by atoms with E-state index in [0.29, 0.717) is 12.8 Å². The Morgan fingerprint density at radius 3 is 2.44 bits per heavy atom. The molecule has 4 amide bonds. The number of aliphatic hydroxyl groups is 1. The zero-order valence-corrected chi connectivity index (χ0v) is 25.1. The normalized spacial score (nSPS) is 18.4. The largest absolute Gasteiger partial charge is 0.450 e. The van der Waals surface area contributed by atoms with Crippen LogP contribution in [0.3, 0.4) is 0 Å². The number of nitrogens with zero attached hydrogens (tertiary/aromatic N) is 2. The number of carbonyl (C=O) groups excluding carboxylic acids is 4. The molecule has 0 bridgehead atoms. The average molecular weight is 588 g/mol. The van der Waals surface area contributed by atoms with Crippen molar-refractivity contribution >= 4 is 35.2 Å². The standard InChI is InChI=1S/C29H41N5O6S/c1-17(19-9-11-20(12-10-19)24-18(2)31-16-41-24)32-26(37)22-14-21(35)15-34(22)27(38)25(29(3,4)5)33-23(36)8-6-7-13-40-28(30)39/h9-12,16-17,21-22,25,35H,6-8,13-15H2,1-5H3,(H2,30,39)(H,32,37)(H,33,36)/t17?,21-,22+,25?/m1/s1. The van der Waals surface area contributed by atoms with Crippen molar-refractivity contribution in [2.24, 2.45) is 11.1 Å². The summed E-state index contributed by atoms with van der Waals surface area (Å²) in [4.78, 5) is 57.2. The van der Waals surface area contributed by atoms with Gasteiger partial charge in [0.1, 0.15) is 12.1 Å². The van der Waals surface area contributed by atoms with Gasteiger partial charge in [0.25, 0.3) is 0 Å². The summed E-state index contributed by atoms with van der Waals surface area (Å²) in [5, 5.41) is 16.2. The molecule has 0 spiro atoms. The summed E-state index contributed by atoms with van der Waals surface area (Å²) in [5.74, 6) is -1.11. The van der Waals surface area contributed by atoms with E-state index in [4.69, 9.17) is 5.73 Å². The zero-order valence-electron chi connectivity index (χ0n) is 24.3. The molecule has 1 aromatic carbocycles. The van der Waals surface area contributed by atoms with Crippen LogP contribution in [0.2, 0.25) is 0 Å². The molecule has 41 heavy (non-hydrogen) atoms. The van der Waals surface area contributed by atoms with Crippen LogP contribution in [0.4, 0.5) is 4.79 Å². The van der Waals surface area contributed by atoms with Gasteiger partial charge in [0.05, 0.1) is 34.8 Å². The van der Waals surface area contributed by atoms with E-state index in [1.54, 1.807) is 11.3 Å². The maximum absolute atomic E-state index is 13.7. The molecule has 1 saturated heterocycles. The molecule has 1 fully saturated rings. The fourth-order valence-electron chi connectivity index (χ4n) is 4.81. The molecule has 0 radical (unpaired) electrons. The number of aliphatic hydroxyl groups excluding tert-OH is 1. The van der Waals surface area contributed by atoms with Crippen LogP contribution in [-0.2, 0) is 19.1 Å². The third kappa shape index (κ3) is 8.74. The molecular weight excluding hydrogens is 546 g/mol. The molecule has 0 aliphatic carbocycles. The minimum atomic E-state index is -0.905. The van der Waals surface area contributed by atoms with Gasteiger partial charge in [0, 0.05) is 19.4 Å². The Labute approximate surface area is 244 Å². The molecule has 0 saturated carbocycles. The summed E-state index contributed by atoms with van der Waals surface area (Å²) in [6, 6.07) is 5.80. The highest BCUT2D eigenvalue weighted by Gasteiger charge is 2.44. The quantitative estimate of drug-likeness (QED) is 0.294. The maximum Gasteiger partial charge on any atom is 0.404 e. The number of amides is 4. The second-order valence-corrected chi connectivity index (χ2v) is 12.4. The van der Waals surface area contributed by atoms with E-state index in [0.717, 1.165) is 21.7 Å². The van der Waals surface area contributed by atoms with Crippen LogP contribution in [0.15, 0.2) is 29.8 Å². The van der Waals surface area contributed by atoms with E-state index < -0.39 is 35.6 Å². The summed E-state index contributed by atoms with van der Waals surface area (Å²) in [7, 11) is 0. The molecule has 11 nitrogen and oxygen atoms in total. The predicted octanol–water partition coefficient (Wildman–Crippen LogP) is 3.05. The van der Waals surface area contributed by atoms with Crippen molar-refractivity contribution in [3.8, 4) is 10.4 Å². The Balaban J connectivity index is 1.64. The first-order chi connectivity index (χ1) is 19.3. The van der Waals surface area contributed by atoms with E-state index in [-0.39, 0.29) is 43.8 Å².